The second-order valence-electron chi connectivity index (χ2n) is 3.78. The maximum Gasteiger partial charge on any atom is 0.184 e. The van der Waals surface area contributed by atoms with Gasteiger partial charge in [-0.2, -0.15) is 0 Å². The molecule has 2 fully saturated rings. The van der Waals surface area contributed by atoms with Gasteiger partial charge in [-0.25, -0.2) is 0 Å². The molecule has 4 N–H and O–H groups in total. The van der Waals surface area contributed by atoms with E-state index in [1.807, 2.05) is 0 Å². The summed E-state index contributed by atoms with van der Waals surface area (Å²) < 4.78 is 4.69. The van der Waals surface area contributed by atoms with E-state index in [9.17, 15) is 15.0 Å². The first-order valence-electron chi connectivity index (χ1n) is 4.38. The summed E-state index contributed by atoms with van der Waals surface area (Å²) in [5, 5.41) is 37.5. The summed E-state index contributed by atoms with van der Waals surface area (Å²) in [7, 11) is 0. The number of carbonyl (C=O) groups is 1. The Morgan fingerprint density at radius 1 is 1.43 bits per heavy atom. The number of rotatable bonds is 2. The molecule has 6 unspecified atom stereocenters. The summed E-state index contributed by atoms with van der Waals surface area (Å²) in [5.41, 5.74) is 0. The Labute approximate surface area is 79.7 Å². The molecule has 0 aromatic rings. The van der Waals surface area contributed by atoms with Gasteiger partial charge in [0.15, 0.2) is 12.1 Å². The molecule has 0 aromatic heterocycles. The van der Waals surface area contributed by atoms with Gasteiger partial charge in [0, 0.05) is 5.92 Å². The molecule has 14 heavy (non-hydrogen) atoms. The third kappa shape index (κ3) is 0.945. The first kappa shape index (κ1) is 10.0. The number of fused-ring (bicyclic) bond motifs is 1. The lowest BCUT2D eigenvalue weighted by molar-refractivity contribution is -0.429. The average Bonchev–Trinajstić information content (AvgIpc) is 2.28. The van der Waals surface area contributed by atoms with Gasteiger partial charge in [0.2, 0.25) is 0 Å². The monoisotopic (exact) mass is 204 g/mol. The van der Waals surface area contributed by atoms with E-state index >= 15 is 0 Å². The average molecular weight is 204 g/mol. The van der Waals surface area contributed by atoms with Crippen LogP contribution in [0.2, 0.25) is 0 Å². The van der Waals surface area contributed by atoms with Crippen LogP contribution < -0.4 is 0 Å². The van der Waals surface area contributed by atoms with Gasteiger partial charge < -0.3 is 30.0 Å². The molecule has 0 bridgehead atoms. The molecule has 1 saturated heterocycles. The van der Waals surface area contributed by atoms with E-state index in [1.165, 1.54) is 0 Å². The molecular weight excluding hydrogens is 192 g/mol. The van der Waals surface area contributed by atoms with Gasteiger partial charge in [-0.15, -0.1) is 0 Å². The zero-order valence-electron chi connectivity index (χ0n) is 7.28. The summed E-state index contributed by atoms with van der Waals surface area (Å²) in [6.45, 7) is -0.472. The van der Waals surface area contributed by atoms with Crippen molar-refractivity contribution >= 4 is 6.29 Å². The summed E-state index contributed by atoms with van der Waals surface area (Å²) in [4.78, 5) is 10.6. The van der Waals surface area contributed by atoms with Crippen LogP contribution in [0.25, 0.3) is 0 Å². The molecule has 1 aliphatic carbocycles. The Hall–Kier alpha value is -0.530. The SMILES string of the molecule is O=CC1C(O)C2C(O)OC2(O)C1CO. The fourth-order valence-electron chi connectivity index (χ4n) is 2.41. The Kier molecular flexibility index (Phi) is 2.13. The normalized spacial score (nSPS) is 56.4. The molecule has 1 heterocycles. The molecule has 0 spiro atoms. The smallest absolute Gasteiger partial charge is 0.184 e. The number of aliphatic hydroxyl groups is 4. The van der Waals surface area contributed by atoms with Crippen molar-refractivity contribution in [2.75, 3.05) is 6.61 Å². The van der Waals surface area contributed by atoms with Crippen LogP contribution in [0.15, 0.2) is 0 Å². The van der Waals surface area contributed by atoms with Gasteiger partial charge in [0.25, 0.3) is 0 Å². The van der Waals surface area contributed by atoms with Crippen LogP contribution in [0.4, 0.5) is 0 Å². The molecule has 6 atom stereocenters. The highest BCUT2D eigenvalue weighted by Crippen LogP contribution is 2.53. The molecule has 6 nitrogen and oxygen atoms in total. The van der Waals surface area contributed by atoms with Crippen LogP contribution in [0.1, 0.15) is 0 Å². The van der Waals surface area contributed by atoms with Gasteiger partial charge in [-0.3, -0.25) is 0 Å². The Morgan fingerprint density at radius 2 is 2.07 bits per heavy atom. The zero-order chi connectivity index (χ0) is 10.5. The largest absolute Gasteiger partial charge is 0.396 e. The van der Waals surface area contributed by atoms with Crippen LogP contribution >= 0.6 is 0 Å². The molecule has 0 amide bonds. The van der Waals surface area contributed by atoms with Crippen molar-refractivity contribution in [3.8, 4) is 0 Å². The first-order valence-corrected chi connectivity index (χ1v) is 4.38. The Bertz CT molecular complexity index is 256. The summed E-state index contributed by atoms with van der Waals surface area (Å²) >= 11 is 0. The van der Waals surface area contributed by atoms with E-state index in [0.29, 0.717) is 6.29 Å². The summed E-state index contributed by atoms with van der Waals surface area (Å²) in [6, 6.07) is 0. The molecule has 0 aromatic carbocycles. The highest BCUT2D eigenvalue weighted by atomic mass is 16.7. The number of aliphatic hydroxyl groups excluding tert-OH is 3. The van der Waals surface area contributed by atoms with Crippen LogP contribution in [0.3, 0.4) is 0 Å². The number of carbonyl (C=O) groups excluding carboxylic acids is 1. The molecule has 1 saturated carbocycles. The van der Waals surface area contributed by atoms with E-state index in [1.54, 1.807) is 0 Å². The standard InChI is InChI=1S/C8H12O6/c9-1-3-4(2-10)8(13)5(6(3)11)7(12)14-8/h1,3-7,10-13H,2H2. The lowest BCUT2D eigenvalue weighted by atomic mass is 9.89. The van der Waals surface area contributed by atoms with Gasteiger partial charge in [-0.05, 0) is 0 Å². The first-order chi connectivity index (χ1) is 6.56. The lowest BCUT2D eigenvalue weighted by Crippen LogP contribution is -2.62. The maximum atomic E-state index is 10.6. The minimum Gasteiger partial charge on any atom is -0.396 e. The lowest BCUT2D eigenvalue weighted by Gasteiger charge is -2.47. The number of hydrogen-bond donors (Lipinski definition) is 4. The number of aldehydes is 1. The topological polar surface area (TPSA) is 107 Å². The minimum absolute atomic E-state index is 0.470. The fraction of sp³-hybridized carbons (Fsp3) is 0.875. The summed E-state index contributed by atoms with van der Waals surface area (Å²) in [6.07, 6.45) is -1.97. The third-order valence-corrected chi connectivity index (χ3v) is 3.21. The van der Waals surface area contributed by atoms with E-state index in [2.05, 4.69) is 4.74 Å². The second-order valence-corrected chi connectivity index (χ2v) is 3.78. The van der Waals surface area contributed by atoms with Gasteiger partial charge in [-0.1, -0.05) is 0 Å². The fourth-order valence-corrected chi connectivity index (χ4v) is 2.41. The minimum atomic E-state index is -1.76. The van der Waals surface area contributed by atoms with Crippen LogP contribution in [-0.4, -0.2) is 51.5 Å². The predicted octanol–water partition coefficient (Wildman–Crippen LogP) is -2.56. The van der Waals surface area contributed by atoms with Crippen molar-refractivity contribution in [3.63, 3.8) is 0 Å². The second kappa shape index (κ2) is 2.98. The van der Waals surface area contributed by atoms with Gasteiger partial charge in [0.1, 0.15) is 6.29 Å². The van der Waals surface area contributed by atoms with Crippen molar-refractivity contribution in [3.05, 3.63) is 0 Å². The quantitative estimate of drug-likeness (QED) is 0.368. The van der Waals surface area contributed by atoms with E-state index in [4.69, 9.17) is 10.2 Å². The zero-order valence-corrected chi connectivity index (χ0v) is 7.28. The van der Waals surface area contributed by atoms with Crippen molar-refractivity contribution < 1.29 is 30.0 Å². The molecule has 6 heteroatoms. The molecule has 1 aliphatic heterocycles. The third-order valence-electron chi connectivity index (χ3n) is 3.21. The van der Waals surface area contributed by atoms with Crippen LogP contribution in [0.5, 0.6) is 0 Å². The van der Waals surface area contributed by atoms with Gasteiger partial charge in [0.05, 0.1) is 24.5 Å². The number of hydrogen-bond acceptors (Lipinski definition) is 6. The molecule has 2 rings (SSSR count). The van der Waals surface area contributed by atoms with E-state index < -0.39 is 42.5 Å². The van der Waals surface area contributed by atoms with Gasteiger partial charge >= 0.3 is 0 Å². The summed E-state index contributed by atoms with van der Waals surface area (Å²) in [5.74, 6) is -4.44. The van der Waals surface area contributed by atoms with Crippen LogP contribution in [-0.2, 0) is 9.53 Å². The van der Waals surface area contributed by atoms with Crippen molar-refractivity contribution in [1.29, 1.82) is 0 Å². The van der Waals surface area contributed by atoms with Crippen LogP contribution in [0, 0.1) is 17.8 Å². The maximum absolute atomic E-state index is 10.6. The highest BCUT2D eigenvalue weighted by Gasteiger charge is 2.70. The predicted molar refractivity (Wildman–Crippen MR) is 41.7 cm³/mol. The molecule has 0 radical (unpaired) electrons. The van der Waals surface area contributed by atoms with E-state index in [-0.39, 0.29) is 0 Å². The molecule has 2 aliphatic rings. The molecule has 80 valence electrons. The van der Waals surface area contributed by atoms with E-state index in [0.717, 1.165) is 0 Å². The number of ether oxygens (including phenoxy) is 1. The van der Waals surface area contributed by atoms with Crippen molar-refractivity contribution in [2.45, 2.75) is 18.2 Å². The highest BCUT2D eigenvalue weighted by molar-refractivity contribution is 5.57. The Morgan fingerprint density at radius 3 is 2.50 bits per heavy atom. The Balaban J connectivity index is 2.29. The van der Waals surface area contributed by atoms with Crippen molar-refractivity contribution in [1.82, 2.24) is 0 Å². The van der Waals surface area contributed by atoms with Crippen molar-refractivity contribution in [2.24, 2.45) is 17.8 Å². The molecular formula is C8H12O6.